The average molecular weight is 334 g/mol. The summed E-state index contributed by atoms with van der Waals surface area (Å²) in [6.45, 7) is -0.345. The second kappa shape index (κ2) is 6.75. The number of aliphatic hydroxyl groups is 1. The van der Waals surface area contributed by atoms with Crippen LogP contribution in [-0.2, 0) is 10.0 Å². The number of hydrogen-bond acceptors (Lipinski definition) is 4. The van der Waals surface area contributed by atoms with Crippen molar-refractivity contribution in [3.63, 3.8) is 0 Å². The van der Waals surface area contributed by atoms with Gasteiger partial charge < -0.3 is 9.84 Å². The summed E-state index contributed by atoms with van der Waals surface area (Å²) in [5.41, 5.74) is 0. The molecular formula is C11H12BrNO4S. The monoisotopic (exact) mass is 333 g/mol. The number of sulfonamides is 1. The Morgan fingerprint density at radius 1 is 1.44 bits per heavy atom. The lowest BCUT2D eigenvalue weighted by atomic mass is 10.3. The largest absolute Gasteiger partial charge is 0.496 e. The number of methoxy groups -OCH3 is 1. The van der Waals surface area contributed by atoms with Gasteiger partial charge in [0.1, 0.15) is 12.4 Å². The Kier molecular flexibility index (Phi) is 5.62. The van der Waals surface area contributed by atoms with Gasteiger partial charge in [0.15, 0.2) is 0 Å². The smallest absolute Gasteiger partial charge is 0.241 e. The molecule has 0 heterocycles. The van der Waals surface area contributed by atoms with Crippen LogP contribution >= 0.6 is 15.9 Å². The average Bonchev–Trinajstić information content (AvgIpc) is 2.34. The Hall–Kier alpha value is -1.07. The van der Waals surface area contributed by atoms with Gasteiger partial charge >= 0.3 is 0 Å². The molecule has 0 aliphatic carbocycles. The summed E-state index contributed by atoms with van der Waals surface area (Å²) in [6, 6.07) is 4.43. The highest BCUT2D eigenvalue weighted by molar-refractivity contribution is 9.10. The topological polar surface area (TPSA) is 75.6 Å². The van der Waals surface area contributed by atoms with E-state index in [1.165, 1.54) is 19.2 Å². The fourth-order valence-corrected chi connectivity index (χ4v) is 2.79. The predicted molar refractivity (Wildman–Crippen MR) is 70.7 cm³/mol. The number of benzene rings is 1. The fourth-order valence-electron chi connectivity index (χ4n) is 1.15. The molecule has 0 aliphatic rings. The van der Waals surface area contributed by atoms with Crippen LogP contribution in [0.25, 0.3) is 0 Å². The van der Waals surface area contributed by atoms with Crippen molar-refractivity contribution in [3.05, 3.63) is 22.7 Å². The van der Waals surface area contributed by atoms with Crippen LogP contribution in [0.1, 0.15) is 0 Å². The quantitative estimate of drug-likeness (QED) is 0.796. The summed E-state index contributed by atoms with van der Waals surface area (Å²) in [7, 11) is -2.11. The molecule has 0 unspecified atom stereocenters. The molecule has 1 rings (SSSR count). The van der Waals surface area contributed by atoms with E-state index in [9.17, 15) is 8.42 Å². The van der Waals surface area contributed by atoms with E-state index in [2.05, 4.69) is 32.5 Å². The maximum absolute atomic E-state index is 11.8. The fraction of sp³-hybridized carbons (Fsp3) is 0.273. The Morgan fingerprint density at radius 2 is 2.17 bits per heavy atom. The van der Waals surface area contributed by atoms with E-state index in [-0.39, 0.29) is 18.0 Å². The lowest BCUT2D eigenvalue weighted by molar-refractivity contribution is 0.350. The highest BCUT2D eigenvalue weighted by Crippen LogP contribution is 2.27. The van der Waals surface area contributed by atoms with Gasteiger partial charge in [-0.3, -0.25) is 0 Å². The first kappa shape index (κ1) is 15.0. The summed E-state index contributed by atoms with van der Waals surface area (Å²) in [6.07, 6.45) is 0. The Labute approximate surface area is 114 Å². The summed E-state index contributed by atoms with van der Waals surface area (Å²) >= 11 is 3.21. The minimum atomic E-state index is -3.61. The highest BCUT2D eigenvalue weighted by Gasteiger charge is 2.14. The number of halogens is 1. The van der Waals surface area contributed by atoms with Crippen molar-refractivity contribution in [3.8, 4) is 17.6 Å². The molecule has 1 aromatic carbocycles. The van der Waals surface area contributed by atoms with Crippen molar-refractivity contribution in [1.29, 1.82) is 0 Å². The molecule has 1 aromatic rings. The van der Waals surface area contributed by atoms with E-state index in [0.717, 1.165) is 0 Å². The molecule has 18 heavy (non-hydrogen) atoms. The van der Waals surface area contributed by atoms with Gasteiger partial charge in [0.05, 0.1) is 23.0 Å². The number of rotatable bonds is 4. The van der Waals surface area contributed by atoms with Crippen LogP contribution in [0, 0.1) is 11.8 Å². The van der Waals surface area contributed by atoms with E-state index < -0.39 is 10.0 Å². The van der Waals surface area contributed by atoms with E-state index in [0.29, 0.717) is 10.2 Å². The lowest BCUT2D eigenvalue weighted by Gasteiger charge is -2.07. The first-order chi connectivity index (χ1) is 8.51. The van der Waals surface area contributed by atoms with Gasteiger partial charge in [0.2, 0.25) is 10.0 Å². The molecule has 5 nitrogen and oxygen atoms in total. The van der Waals surface area contributed by atoms with Crippen molar-refractivity contribution < 1.29 is 18.3 Å². The molecule has 0 spiro atoms. The molecule has 0 bridgehead atoms. The molecule has 2 N–H and O–H groups in total. The minimum Gasteiger partial charge on any atom is -0.496 e. The molecule has 0 saturated heterocycles. The van der Waals surface area contributed by atoms with Crippen molar-refractivity contribution in [1.82, 2.24) is 4.72 Å². The molecule has 0 radical (unpaired) electrons. The van der Waals surface area contributed by atoms with Crippen molar-refractivity contribution in [2.24, 2.45) is 0 Å². The summed E-state index contributed by atoms with van der Waals surface area (Å²) < 4.78 is 31.6. The second-order valence-corrected chi connectivity index (χ2v) is 5.75. The molecule has 98 valence electrons. The van der Waals surface area contributed by atoms with Crippen molar-refractivity contribution >= 4 is 26.0 Å². The van der Waals surface area contributed by atoms with Crippen LogP contribution < -0.4 is 9.46 Å². The molecule has 0 amide bonds. The van der Waals surface area contributed by atoms with Gasteiger partial charge in [0, 0.05) is 0 Å². The van der Waals surface area contributed by atoms with Gasteiger partial charge in [-0.05, 0) is 34.1 Å². The van der Waals surface area contributed by atoms with Crippen LogP contribution in [-0.4, -0.2) is 33.8 Å². The predicted octanol–water partition coefficient (Wildman–Crippen LogP) is 0.732. The van der Waals surface area contributed by atoms with Crippen molar-refractivity contribution in [2.45, 2.75) is 4.90 Å². The summed E-state index contributed by atoms with van der Waals surface area (Å²) in [5.74, 6) is 5.37. The Balaban J connectivity index is 2.88. The molecule has 0 atom stereocenters. The maximum atomic E-state index is 11.8. The molecule has 7 heteroatoms. The normalized spacial score (nSPS) is 10.6. The van der Waals surface area contributed by atoms with Gasteiger partial charge in [-0.2, -0.15) is 4.72 Å². The third-order valence-electron chi connectivity index (χ3n) is 1.99. The van der Waals surface area contributed by atoms with Crippen LogP contribution in [0.5, 0.6) is 5.75 Å². The summed E-state index contributed by atoms with van der Waals surface area (Å²) in [4.78, 5) is 0.112. The molecule has 0 fully saturated rings. The lowest BCUT2D eigenvalue weighted by Crippen LogP contribution is -2.24. The number of hydrogen-bond donors (Lipinski definition) is 2. The maximum Gasteiger partial charge on any atom is 0.241 e. The van der Waals surface area contributed by atoms with E-state index in [4.69, 9.17) is 9.84 Å². The van der Waals surface area contributed by atoms with Gasteiger partial charge in [-0.25, -0.2) is 8.42 Å². The molecular weight excluding hydrogens is 322 g/mol. The van der Waals surface area contributed by atoms with Crippen LogP contribution in [0.4, 0.5) is 0 Å². The van der Waals surface area contributed by atoms with Gasteiger partial charge in [-0.1, -0.05) is 11.8 Å². The van der Waals surface area contributed by atoms with Crippen LogP contribution in [0.2, 0.25) is 0 Å². The third-order valence-corrected chi connectivity index (χ3v) is 4.01. The van der Waals surface area contributed by atoms with E-state index in [1.807, 2.05) is 0 Å². The zero-order chi connectivity index (χ0) is 13.6. The van der Waals surface area contributed by atoms with Gasteiger partial charge in [0.25, 0.3) is 0 Å². The Bertz CT molecular complexity index is 574. The highest BCUT2D eigenvalue weighted by atomic mass is 79.9. The zero-order valence-corrected chi connectivity index (χ0v) is 12.0. The Morgan fingerprint density at radius 3 is 2.72 bits per heavy atom. The second-order valence-electron chi connectivity index (χ2n) is 3.13. The van der Waals surface area contributed by atoms with Crippen LogP contribution in [0.3, 0.4) is 0 Å². The van der Waals surface area contributed by atoms with E-state index >= 15 is 0 Å². The summed E-state index contributed by atoms with van der Waals surface area (Å²) in [5, 5.41) is 8.44. The first-order valence-corrected chi connectivity index (χ1v) is 7.18. The zero-order valence-electron chi connectivity index (χ0n) is 9.60. The van der Waals surface area contributed by atoms with Gasteiger partial charge in [-0.15, -0.1) is 0 Å². The molecule has 0 aromatic heterocycles. The third kappa shape index (κ3) is 3.99. The number of nitrogens with one attached hydrogen (secondary N) is 1. The van der Waals surface area contributed by atoms with E-state index in [1.54, 1.807) is 6.07 Å². The standard InChI is InChI=1S/C11H12BrNO4S/c1-17-11-5-4-9(8-10(11)12)18(15,16)13-6-2-3-7-14/h4-5,8,13-14H,6-7H2,1H3. The molecule has 0 saturated carbocycles. The number of ether oxygens (including phenoxy) is 1. The first-order valence-electron chi connectivity index (χ1n) is 4.91. The molecule has 0 aliphatic heterocycles. The minimum absolute atomic E-state index is 0.0491. The number of aliphatic hydroxyl groups excluding tert-OH is 1. The van der Waals surface area contributed by atoms with Crippen molar-refractivity contribution in [2.75, 3.05) is 20.3 Å². The SMILES string of the molecule is COc1ccc(S(=O)(=O)NCC#CCO)cc1Br. The van der Waals surface area contributed by atoms with Crippen LogP contribution in [0.15, 0.2) is 27.6 Å².